The molecule has 2 N–H and O–H groups in total. The molecule has 1 aliphatic rings. The van der Waals surface area contributed by atoms with Crippen molar-refractivity contribution < 1.29 is 9.59 Å². The summed E-state index contributed by atoms with van der Waals surface area (Å²) < 4.78 is 0. The number of hydrogen-bond donors (Lipinski definition) is 2. The van der Waals surface area contributed by atoms with Crippen LogP contribution in [0.3, 0.4) is 0 Å². The minimum Gasteiger partial charge on any atom is -0.302 e. The first-order valence-corrected chi connectivity index (χ1v) is 4.68. The number of amides is 2. The van der Waals surface area contributed by atoms with Crippen LogP contribution in [0.25, 0.3) is 0 Å². The van der Waals surface area contributed by atoms with Crippen molar-refractivity contribution in [3.05, 3.63) is 12.2 Å². The monoisotopic (exact) mass is 212 g/mol. The van der Waals surface area contributed by atoms with Crippen LogP contribution in [0.2, 0.25) is 0 Å². The first kappa shape index (κ1) is 10.8. The molecular weight excluding hydrogens is 200 g/mol. The van der Waals surface area contributed by atoms with Crippen molar-refractivity contribution in [3.8, 4) is 0 Å². The molecule has 0 saturated carbocycles. The fraction of sp³-hybridized carbons (Fsp3) is 0.444. The van der Waals surface area contributed by atoms with Gasteiger partial charge in [0.1, 0.15) is 5.41 Å². The van der Waals surface area contributed by atoms with Gasteiger partial charge in [0, 0.05) is 0 Å². The fourth-order valence-corrected chi connectivity index (χ4v) is 1.75. The van der Waals surface area contributed by atoms with Gasteiger partial charge in [-0.3, -0.25) is 9.59 Å². The van der Waals surface area contributed by atoms with E-state index in [1.165, 1.54) is 0 Å². The predicted molar refractivity (Wildman–Crippen MR) is 56.4 cm³/mol. The van der Waals surface area contributed by atoms with Gasteiger partial charge in [0.05, 0.1) is 0 Å². The zero-order chi connectivity index (χ0) is 10.9. The maximum Gasteiger partial charge on any atom is 0.245 e. The fourth-order valence-electron chi connectivity index (χ4n) is 1.56. The van der Waals surface area contributed by atoms with Crippen molar-refractivity contribution in [2.45, 2.75) is 20.3 Å². The summed E-state index contributed by atoms with van der Waals surface area (Å²) in [6, 6.07) is 0. The summed E-state index contributed by atoms with van der Waals surface area (Å²) in [4.78, 5) is 23.4. The maximum atomic E-state index is 11.7. The average Bonchev–Trinajstić information content (AvgIpc) is 2.03. The second kappa shape index (κ2) is 3.49. The highest BCUT2D eigenvalue weighted by Gasteiger charge is 2.48. The van der Waals surface area contributed by atoms with Crippen LogP contribution < -0.4 is 10.6 Å². The SMILES string of the molecule is C=C(C)C1(CC)C(=O)NC(=S)NC1=O. The van der Waals surface area contributed by atoms with Gasteiger partial charge in [-0.05, 0) is 25.6 Å². The third-order valence-corrected chi connectivity index (χ3v) is 2.69. The molecule has 1 fully saturated rings. The highest BCUT2D eigenvalue weighted by Crippen LogP contribution is 2.32. The summed E-state index contributed by atoms with van der Waals surface area (Å²) in [6.07, 6.45) is 0.378. The minimum absolute atomic E-state index is 0.0605. The lowest BCUT2D eigenvalue weighted by molar-refractivity contribution is -0.141. The molecule has 1 rings (SSSR count). The zero-order valence-electron chi connectivity index (χ0n) is 8.14. The minimum atomic E-state index is -1.16. The van der Waals surface area contributed by atoms with Gasteiger partial charge in [0.15, 0.2) is 5.11 Å². The molecule has 0 aromatic rings. The molecule has 0 spiro atoms. The molecule has 0 unspecified atom stereocenters. The lowest BCUT2D eigenvalue weighted by atomic mass is 9.76. The molecule has 5 heteroatoms. The Morgan fingerprint density at radius 1 is 1.43 bits per heavy atom. The van der Waals surface area contributed by atoms with Gasteiger partial charge in [-0.2, -0.15) is 0 Å². The number of rotatable bonds is 2. The zero-order valence-corrected chi connectivity index (χ0v) is 8.96. The standard InChI is InChI=1S/C9H12N2O2S/c1-4-9(5(2)3)6(12)10-8(14)11-7(9)13/h2,4H2,1,3H3,(H2,10,11,12,13,14). The van der Waals surface area contributed by atoms with Crippen LogP contribution in [0.5, 0.6) is 0 Å². The Morgan fingerprint density at radius 2 is 1.86 bits per heavy atom. The van der Waals surface area contributed by atoms with E-state index in [9.17, 15) is 9.59 Å². The van der Waals surface area contributed by atoms with Gasteiger partial charge in [-0.25, -0.2) is 0 Å². The Balaban J connectivity index is 3.17. The van der Waals surface area contributed by atoms with Crippen LogP contribution in [-0.4, -0.2) is 16.9 Å². The summed E-state index contributed by atoms with van der Waals surface area (Å²) in [5, 5.41) is 4.93. The molecule has 0 bridgehead atoms. The van der Waals surface area contributed by atoms with Gasteiger partial charge < -0.3 is 10.6 Å². The normalized spacial score (nSPS) is 20.0. The Kier molecular flexibility index (Phi) is 2.71. The molecule has 0 aromatic heterocycles. The smallest absolute Gasteiger partial charge is 0.245 e. The molecule has 0 aliphatic carbocycles. The lowest BCUT2D eigenvalue weighted by Crippen LogP contribution is -2.62. The Hall–Kier alpha value is -1.23. The van der Waals surface area contributed by atoms with Crippen LogP contribution in [-0.2, 0) is 9.59 Å². The first-order chi connectivity index (χ1) is 6.45. The molecule has 1 aliphatic heterocycles. The van der Waals surface area contributed by atoms with Crippen LogP contribution in [0.1, 0.15) is 20.3 Å². The van der Waals surface area contributed by atoms with E-state index >= 15 is 0 Å². The second-order valence-electron chi connectivity index (χ2n) is 3.28. The van der Waals surface area contributed by atoms with Crippen molar-refractivity contribution in [2.75, 3.05) is 0 Å². The first-order valence-electron chi connectivity index (χ1n) is 4.28. The van der Waals surface area contributed by atoms with E-state index in [2.05, 4.69) is 17.2 Å². The van der Waals surface area contributed by atoms with E-state index in [1.54, 1.807) is 13.8 Å². The molecular formula is C9H12N2O2S. The molecule has 2 amide bonds. The maximum absolute atomic E-state index is 11.7. The molecule has 4 nitrogen and oxygen atoms in total. The second-order valence-corrected chi connectivity index (χ2v) is 3.68. The molecule has 0 atom stereocenters. The van der Waals surface area contributed by atoms with E-state index in [0.29, 0.717) is 12.0 Å². The summed E-state index contributed by atoms with van der Waals surface area (Å²) in [5.41, 5.74) is -0.639. The summed E-state index contributed by atoms with van der Waals surface area (Å²) >= 11 is 4.70. The summed E-state index contributed by atoms with van der Waals surface area (Å²) in [7, 11) is 0. The van der Waals surface area contributed by atoms with Crippen molar-refractivity contribution in [1.82, 2.24) is 10.6 Å². The highest BCUT2D eigenvalue weighted by molar-refractivity contribution is 7.80. The number of nitrogens with one attached hydrogen (secondary N) is 2. The molecule has 1 saturated heterocycles. The molecule has 76 valence electrons. The van der Waals surface area contributed by atoms with Gasteiger partial charge >= 0.3 is 0 Å². The van der Waals surface area contributed by atoms with Crippen LogP contribution in [0.15, 0.2) is 12.2 Å². The van der Waals surface area contributed by atoms with Crippen molar-refractivity contribution in [2.24, 2.45) is 5.41 Å². The number of carbonyl (C=O) groups excluding carboxylic acids is 2. The molecule has 1 heterocycles. The topological polar surface area (TPSA) is 58.2 Å². The third kappa shape index (κ3) is 1.33. The van der Waals surface area contributed by atoms with Gasteiger partial charge in [-0.15, -0.1) is 0 Å². The Bertz CT molecular complexity index is 316. The van der Waals surface area contributed by atoms with E-state index < -0.39 is 5.41 Å². The lowest BCUT2D eigenvalue weighted by Gasteiger charge is -2.34. The van der Waals surface area contributed by atoms with E-state index in [0.717, 1.165) is 0 Å². The van der Waals surface area contributed by atoms with Gasteiger partial charge in [0.25, 0.3) is 0 Å². The number of thiocarbonyl (C=S) groups is 1. The Labute approximate surface area is 87.7 Å². The summed E-state index contributed by atoms with van der Waals surface area (Å²) in [6.45, 7) is 7.11. The largest absolute Gasteiger partial charge is 0.302 e. The van der Waals surface area contributed by atoms with Crippen molar-refractivity contribution >= 4 is 29.1 Å². The predicted octanol–water partition coefficient (Wildman–Crippen LogP) is 0.490. The highest BCUT2D eigenvalue weighted by atomic mass is 32.1. The Morgan fingerprint density at radius 3 is 2.14 bits per heavy atom. The number of carbonyl (C=O) groups is 2. The van der Waals surface area contributed by atoms with E-state index in [4.69, 9.17) is 12.2 Å². The molecule has 14 heavy (non-hydrogen) atoms. The molecule has 0 aromatic carbocycles. The average molecular weight is 212 g/mol. The van der Waals surface area contributed by atoms with E-state index in [1.807, 2.05) is 0 Å². The third-order valence-electron chi connectivity index (χ3n) is 2.49. The summed E-state index contributed by atoms with van der Waals surface area (Å²) in [5.74, 6) is -0.775. The van der Waals surface area contributed by atoms with Crippen LogP contribution in [0.4, 0.5) is 0 Å². The van der Waals surface area contributed by atoms with Gasteiger partial charge in [0.2, 0.25) is 11.8 Å². The van der Waals surface area contributed by atoms with Crippen molar-refractivity contribution in [1.29, 1.82) is 0 Å². The van der Waals surface area contributed by atoms with Crippen LogP contribution in [0, 0.1) is 5.41 Å². The van der Waals surface area contributed by atoms with Crippen LogP contribution >= 0.6 is 12.2 Å². The van der Waals surface area contributed by atoms with Crippen molar-refractivity contribution in [3.63, 3.8) is 0 Å². The van der Waals surface area contributed by atoms with E-state index in [-0.39, 0.29) is 16.9 Å². The number of hydrogen-bond acceptors (Lipinski definition) is 3. The quantitative estimate of drug-likeness (QED) is 0.398. The molecule has 0 radical (unpaired) electrons. The van der Waals surface area contributed by atoms with Gasteiger partial charge in [-0.1, -0.05) is 19.1 Å².